The average Bonchev–Trinajstić information content (AvgIpc) is 0.834. The lowest BCUT2D eigenvalue weighted by Gasteiger charge is -2.51. The molecule has 0 aromatic rings. The number of hydroxylamine groups is 10. The molecule has 6 heterocycles. The number of hydrogen-bond acceptors (Lipinski definition) is 21. The molecule has 0 aliphatic carbocycles. The molecule has 6 aliphatic rings. The monoisotopic (exact) mass is 1320 g/mol. The standard InChI is InChI=1S/5C11H22N2O2.C5H10O3P.C4H13N3/c5*1-8(14)12-9-6-10(2,3)13(15)11(4,5)7-9;6-9-7-4-2-1-3-5-8-9;5-1-3-7-4-2-6/h5*9,15H,6-7H2,1-5H3,(H,12,14);1-5H2;7H,1-6H2/q;;;;;+1;. The molecule has 0 spiro atoms. The number of carbonyl (C=O) groups excluding carboxylic acids is 5. The minimum absolute atomic E-state index is 0.00186. The first-order valence-electron chi connectivity index (χ1n) is 32.7. The lowest BCUT2D eigenvalue weighted by atomic mass is 9.79. The van der Waals surface area contributed by atoms with Crippen LogP contribution in [0.5, 0.6) is 0 Å². The van der Waals surface area contributed by atoms with Crippen molar-refractivity contribution < 1.29 is 63.6 Å². The van der Waals surface area contributed by atoms with Gasteiger partial charge in [-0.2, -0.15) is 25.3 Å². The average molecular weight is 1320 g/mol. The van der Waals surface area contributed by atoms with Gasteiger partial charge in [-0.25, -0.2) is 0 Å². The van der Waals surface area contributed by atoms with E-state index in [2.05, 4.69) is 31.9 Å². The van der Waals surface area contributed by atoms with Gasteiger partial charge in [0.2, 0.25) is 29.5 Å². The molecule has 5 amide bonds. The Labute approximate surface area is 549 Å². The molecule has 0 bridgehead atoms. The minimum Gasteiger partial charge on any atom is -0.353 e. The van der Waals surface area contributed by atoms with Crippen LogP contribution in [-0.2, 0) is 37.6 Å². The number of nitrogens with one attached hydrogen (secondary N) is 6. The third-order valence-corrected chi connectivity index (χ3v) is 17.8. The van der Waals surface area contributed by atoms with E-state index in [1.54, 1.807) is 0 Å². The summed E-state index contributed by atoms with van der Waals surface area (Å²) < 4.78 is 20.1. The summed E-state index contributed by atoms with van der Waals surface area (Å²) in [6, 6.07) is 0.745. The van der Waals surface area contributed by atoms with E-state index >= 15 is 0 Å². The van der Waals surface area contributed by atoms with Gasteiger partial charge in [-0.05, 0) is 222 Å². The third kappa shape index (κ3) is 31.5. The number of amides is 5. The predicted molar refractivity (Wildman–Crippen MR) is 357 cm³/mol. The van der Waals surface area contributed by atoms with Crippen LogP contribution in [0.2, 0.25) is 0 Å². The van der Waals surface area contributed by atoms with Gasteiger partial charge >= 0.3 is 8.25 Å². The van der Waals surface area contributed by atoms with Crippen LogP contribution >= 0.6 is 8.25 Å². The molecule has 0 saturated carbocycles. The van der Waals surface area contributed by atoms with Crippen LogP contribution in [0.3, 0.4) is 0 Å². The molecular weight excluding hydrogens is 1190 g/mol. The van der Waals surface area contributed by atoms with Gasteiger partial charge in [0, 0.05) is 151 Å². The second kappa shape index (κ2) is 36.8. The molecule has 0 aromatic carbocycles. The molecule has 0 unspecified atom stereocenters. The van der Waals surface area contributed by atoms with Gasteiger partial charge in [0.1, 0.15) is 13.2 Å². The van der Waals surface area contributed by atoms with Gasteiger partial charge in [-0.3, -0.25) is 24.0 Å². The predicted octanol–water partition coefficient (Wildman–Crippen LogP) is 8.02. The summed E-state index contributed by atoms with van der Waals surface area (Å²) >= 11 is 0. The Bertz CT molecular complexity index is 1850. The van der Waals surface area contributed by atoms with E-state index in [-0.39, 0.29) is 115 Å². The highest BCUT2D eigenvalue weighted by Crippen LogP contribution is 2.41. The van der Waals surface area contributed by atoms with Gasteiger partial charge < -0.3 is 69.4 Å². The second-order valence-corrected chi connectivity index (χ2v) is 33.0. The zero-order valence-corrected chi connectivity index (χ0v) is 62.1. The molecule has 6 rings (SSSR count). The minimum atomic E-state index is -1.79. The first-order valence-corrected chi connectivity index (χ1v) is 33.8. The Morgan fingerprint density at radius 2 is 0.505 bits per heavy atom. The Morgan fingerprint density at radius 3 is 0.637 bits per heavy atom. The van der Waals surface area contributed by atoms with Crippen molar-refractivity contribution in [1.29, 1.82) is 0 Å². The maximum atomic E-state index is 11.0. The first-order chi connectivity index (χ1) is 41.1. The van der Waals surface area contributed by atoms with Crippen molar-refractivity contribution in [2.75, 3.05) is 39.4 Å². The lowest BCUT2D eigenvalue weighted by molar-refractivity contribution is -0.246. The number of hydrogen-bond donors (Lipinski definition) is 13. The summed E-state index contributed by atoms with van der Waals surface area (Å²) in [5.74, 6) is -0.00931. The van der Waals surface area contributed by atoms with Crippen LogP contribution in [-0.4, -0.2) is 206 Å². The summed E-state index contributed by atoms with van der Waals surface area (Å²) in [7, 11) is -1.79. The Hall–Kier alpha value is -3.15. The molecule has 0 radical (unpaired) electrons. The molecule has 15 N–H and O–H groups in total. The SMILES string of the molecule is CC(=O)NC1CC(C)(C)N(O)C(C)(C)C1.CC(=O)NC1CC(C)(C)N(O)C(C)(C)C1.CC(=O)NC1CC(C)(C)N(O)C(C)(C)C1.CC(=O)NC1CC(C)(C)N(O)C(C)(C)C1.CC(=O)NC1CC(C)(C)N(O)C(C)(C)C1.NCCNCCN.O=[P+]1OCCCCCO1. The Morgan fingerprint density at radius 1 is 0.352 bits per heavy atom. The highest BCUT2D eigenvalue weighted by Gasteiger charge is 2.49. The number of nitrogens with two attached hydrogens (primary N) is 2. The van der Waals surface area contributed by atoms with E-state index in [9.17, 15) is 54.6 Å². The van der Waals surface area contributed by atoms with Crippen molar-refractivity contribution in [3.8, 4) is 0 Å². The van der Waals surface area contributed by atoms with Crippen LogP contribution in [0, 0.1) is 0 Å². The normalized spacial score (nSPS) is 24.6. The summed E-state index contributed by atoms with van der Waals surface area (Å²) in [4.78, 5) is 55.1. The molecule has 27 heteroatoms. The molecule has 6 fully saturated rings. The van der Waals surface area contributed by atoms with E-state index in [1.165, 1.54) is 59.9 Å². The first kappa shape index (κ1) is 87.9. The maximum Gasteiger partial charge on any atom is 0.697 e. The van der Waals surface area contributed by atoms with Gasteiger partial charge in [0.05, 0.1) is 0 Å². The van der Waals surface area contributed by atoms with Crippen molar-refractivity contribution in [2.24, 2.45) is 11.5 Å². The van der Waals surface area contributed by atoms with Crippen molar-refractivity contribution in [3.63, 3.8) is 0 Å². The van der Waals surface area contributed by atoms with Crippen molar-refractivity contribution in [1.82, 2.24) is 57.2 Å². The van der Waals surface area contributed by atoms with Crippen LogP contribution in [0.1, 0.15) is 257 Å². The van der Waals surface area contributed by atoms with Gasteiger partial charge in [-0.15, -0.1) is 9.05 Å². The third-order valence-electron chi connectivity index (χ3n) is 17.1. The molecule has 0 atom stereocenters. The van der Waals surface area contributed by atoms with Crippen molar-refractivity contribution in [3.05, 3.63) is 0 Å². The Balaban J connectivity index is 0.00000105. The van der Waals surface area contributed by atoms with Crippen LogP contribution in [0.4, 0.5) is 0 Å². The smallest absolute Gasteiger partial charge is 0.353 e. The fraction of sp³-hybridized carbons (Fsp3) is 0.922. The molecule has 91 heavy (non-hydrogen) atoms. The number of piperidine rings is 5. The number of nitrogens with zero attached hydrogens (tertiary/aromatic N) is 5. The summed E-state index contributed by atoms with van der Waals surface area (Å²) in [6.07, 6.45) is 10.8. The zero-order chi connectivity index (χ0) is 71.3. The van der Waals surface area contributed by atoms with E-state index < -0.39 is 8.25 Å². The molecule has 6 saturated heterocycles. The van der Waals surface area contributed by atoms with Crippen molar-refractivity contribution >= 4 is 37.8 Å². The fourth-order valence-corrected chi connectivity index (χ4v) is 15.0. The highest BCUT2D eigenvalue weighted by molar-refractivity contribution is 7.33. The lowest BCUT2D eigenvalue weighted by Crippen LogP contribution is -2.62. The van der Waals surface area contributed by atoms with Gasteiger partial charge in [0.15, 0.2) is 0 Å². The molecule has 6 aliphatic heterocycles. The highest BCUT2D eigenvalue weighted by atomic mass is 31.1. The van der Waals surface area contributed by atoms with Gasteiger partial charge in [0.25, 0.3) is 0 Å². The molecule has 26 nitrogen and oxygen atoms in total. The van der Waals surface area contributed by atoms with Crippen LogP contribution < -0.4 is 43.4 Å². The van der Waals surface area contributed by atoms with Crippen LogP contribution in [0.15, 0.2) is 0 Å². The molecule has 0 aromatic heterocycles. The van der Waals surface area contributed by atoms with Gasteiger partial charge in [-0.1, -0.05) is 0 Å². The van der Waals surface area contributed by atoms with E-state index in [0.29, 0.717) is 26.3 Å². The van der Waals surface area contributed by atoms with E-state index in [0.717, 1.165) is 96.6 Å². The summed E-state index contributed by atoms with van der Waals surface area (Å²) in [5, 5.41) is 75.0. The number of rotatable bonds is 9. The fourth-order valence-electron chi connectivity index (χ4n) is 14.3. The summed E-state index contributed by atoms with van der Waals surface area (Å²) in [5.41, 5.74) is 7.36. The maximum absolute atomic E-state index is 11.0. The number of carbonyl (C=O) groups is 5. The Kier molecular flexibility index (Phi) is 35.5. The quantitative estimate of drug-likeness (QED) is 0.0767. The largest absolute Gasteiger partial charge is 0.697 e. The summed E-state index contributed by atoms with van der Waals surface area (Å²) in [6.45, 7) is 51.7. The van der Waals surface area contributed by atoms with E-state index in [4.69, 9.17) is 20.5 Å². The molecular formula is C64H133N13O13P+. The molecule has 536 valence electrons. The van der Waals surface area contributed by atoms with E-state index in [1.807, 2.05) is 138 Å². The van der Waals surface area contributed by atoms with Crippen molar-refractivity contribution in [2.45, 2.75) is 342 Å². The topological polar surface area (TPSA) is 362 Å². The second-order valence-electron chi connectivity index (χ2n) is 32.0. The van der Waals surface area contributed by atoms with Crippen LogP contribution in [0.25, 0.3) is 0 Å². The zero-order valence-electron chi connectivity index (χ0n) is 61.2.